The van der Waals surface area contributed by atoms with Crippen LogP contribution in [0.1, 0.15) is 11.1 Å². The van der Waals surface area contributed by atoms with Gasteiger partial charge in [-0.05, 0) is 18.6 Å². The fourth-order valence-electron chi connectivity index (χ4n) is 2.54. The Bertz CT molecular complexity index is 737. The zero-order valence-corrected chi connectivity index (χ0v) is 12.1. The molecule has 2 aromatic carbocycles. The van der Waals surface area contributed by atoms with Crippen LogP contribution in [0, 0.1) is 6.92 Å². The maximum atomic E-state index is 11.5. The van der Waals surface area contributed by atoms with Gasteiger partial charge in [0.1, 0.15) is 0 Å². The topological polar surface area (TPSA) is 46.6 Å². The van der Waals surface area contributed by atoms with Gasteiger partial charge in [0.25, 0.3) is 0 Å². The lowest BCUT2D eigenvalue weighted by Gasteiger charge is -2.23. The van der Waals surface area contributed by atoms with Crippen molar-refractivity contribution < 1.29 is 14.4 Å². The Labute approximate surface area is 128 Å². The summed E-state index contributed by atoms with van der Waals surface area (Å²) in [6.07, 6.45) is 0.456. The van der Waals surface area contributed by atoms with Crippen molar-refractivity contribution in [2.45, 2.75) is 13.0 Å². The van der Waals surface area contributed by atoms with Crippen molar-refractivity contribution >= 4 is 24.0 Å². The summed E-state index contributed by atoms with van der Waals surface area (Å²) in [5.74, 6) is 0. The Kier molecular flexibility index (Phi) is 3.85. The van der Waals surface area contributed by atoms with Crippen LogP contribution in [0.25, 0.3) is 5.70 Å². The Morgan fingerprint density at radius 1 is 1.00 bits per heavy atom. The van der Waals surface area contributed by atoms with Gasteiger partial charge in [0, 0.05) is 5.56 Å². The van der Waals surface area contributed by atoms with Gasteiger partial charge in [-0.15, -0.1) is 0 Å². The van der Waals surface area contributed by atoms with Gasteiger partial charge in [-0.1, -0.05) is 48.5 Å². The highest BCUT2D eigenvalue weighted by Gasteiger charge is 2.34. The van der Waals surface area contributed by atoms with E-state index in [9.17, 15) is 9.59 Å². The molecule has 1 aliphatic rings. The molecule has 0 N–H and O–H groups in total. The molecular formula is C18H15NO3. The Balaban J connectivity index is 2.18. The minimum atomic E-state index is -0.882. The van der Waals surface area contributed by atoms with Crippen molar-refractivity contribution in [2.75, 3.05) is 5.06 Å². The molecule has 4 heteroatoms. The highest BCUT2D eigenvalue weighted by molar-refractivity contribution is 5.99. The van der Waals surface area contributed by atoms with Crippen LogP contribution in [-0.4, -0.2) is 18.7 Å². The van der Waals surface area contributed by atoms with Crippen LogP contribution >= 0.6 is 0 Å². The molecule has 0 saturated carbocycles. The zero-order chi connectivity index (χ0) is 15.5. The monoisotopic (exact) mass is 293 g/mol. The van der Waals surface area contributed by atoms with E-state index in [2.05, 4.69) is 0 Å². The summed E-state index contributed by atoms with van der Waals surface area (Å²) in [4.78, 5) is 28.5. The van der Waals surface area contributed by atoms with Crippen LogP contribution in [-0.2, 0) is 14.4 Å². The van der Waals surface area contributed by atoms with E-state index in [1.165, 1.54) is 0 Å². The first-order chi connectivity index (χ1) is 10.8. The standard InChI is InChI=1S/C18H15NO3/c1-13-7-5-6-10-16(13)19-18(14-8-3-2-4-9-14)15(11-20)17(12-21)22-19/h2-12,17H,1H3. The maximum absolute atomic E-state index is 11.5. The van der Waals surface area contributed by atoms with Crippen molar-refractivity contribution in [3.63, 3.8) is 0 Å². The molecule has 0 radical (unpaired) electrons. The number of nitrogens with zero attached hydrogens (tertiary/aromatic N) is 1. The second-order valence-corrected chi connectivity index (χ2v) is 5.03. The van der Waals surface area contributed by atoms with E-state index in [4.69, 9.17) is 4.84 Å². The summed E-state index contributed by atoms with van der Waals surface area (Å²) in [5, 5.41) is 1.58. The summed E-state index contributed by atoms with van der Waals surface area (Å²) in [6.45, 7) is 1.95. The second kappa shape index (κ2) is 5.95. The smallest absolute Gasteiger partial charge is 0.171 e. The minimum Gasteiger partial charge on any atom is -0.300 e. The van der Waals surface area contributed by atoms with Gasteiger partial charge in [0.05, 0.1) is 17.0 Å². The van der Waals surface area contributed by atoms with E-state index in [0.29, 0.717) is 23.8 Å². The van der Waals surface area contributed by atoms with Crippen LogP contribution in [0.5, 0.6) is 0 Å². The van der Waals surface area contributed by atoms with E-state index < -0.39 is 6.10 Å². The molecule has 2 aromatic rings. The number of rotatable bonds is 4. The van der Waals surface area contributed by atoms with Gasteiger partial charge in [-0.3, -0.25) is 14.4 Å². The number of hydroxylamine groups is 1. The highest BCUT2D eigenvalue weighted by Crippen LogP contribution is 2.37. The van der Waals surface area contributed by atoms with Gasteiger partial charge < -0.3 is 0 Å². The fraction of sp³-hybridized carbons (Fsp3) is 0.111. The summed E-state index contributed by atoms with van der Waals surface area (Å²) in [6, 6.07) is 17.1. The number of benzene rings is 2. The molecule has 1 heterocycles. The largest absolute Gasteiger partial charge is 0.300 e. The number of hydrogen-bond donors (Lipinski definition) is 0. The Hall–Kier alpha value is -2.72. The maximum Gasteiger partial charge on any atom is 0.171 e. The van der Waals surface area contributed by atoms with Crippen LogP contribution < -0.4 is 5.06 Å². The molecule has 1 atom stereocenters. The van der Waals surface area contributed by atoms with Gasteiger partial charge in [-0.25, -0.2) is 5.06 Å². The van der Waals surface area contributed by atoms with Gasteiger partial charge in [-0.2, -0.15) is 0 Å². The molecule has 1 unspecified atom stereocenters. The number of hydrogen-bond acceptors (Lipinski definition) is 4. The van der Waals surface area contributed by atoms with E-state index in [1.807, 2.05) is 61.5 Å². The third-order valence-corrected chi connectivity index (χ3v) is 3.63. The van der Waals surface area contributed by atoms with E-state index >= 15 is 0 Å². The molecule has 0 bridgehead atoms. The molecule has 4 nitrogen and oxygen atoms in total. The van der Waals surface area contributed by atoms with Crippen molar-refractivity contribution in [2.24, 2.45) is 0 Å². The van der Waals surface area contributed by atoms with E-state index in [1.54, 1.807) is 5.06 Å². The number of carbonyl (C=O) groups excluding carboxylic acids is 2. The molecule has 110 valence electrons. The summed E-state index contributed by atoms with van der Waals surface area (Å²) < 4.78 is 0. The van der Waals surface area contributed by atoms with Gasteiger partial charge in [0.15, 0.2) is 18.7 Å². The van der Waals surface area contributed by atoms with Crippen LogP contribution in [0.15, 0.2) is 60.2 Å². The number of aryl methyl sites for hydroxylation is 1. The number of carbonyl (C=O) groups is 2. The van der Waals surface area contributed by atoms with Crippen LogP contribution in [0.2, 0.25) is 0 Å². The summed E-state index contributed by atoms with van der Waals surface area (Å²) in [7, 11) is 0. The van der Waals surface area contributed by atoms with E-state index in [-0.39, 0.29) is 0 Å². The molecule has 0 amide bonds. The summed E-state index contributed by atoms with van der Waals surface area (Å²) >= 11 is 0. The molecule has 1 aliphatic heterocycles. The van der Waals surface area contributed by atoms with Crippen molar-refractivity contribution in [3.05, 3.63) is 71.3 Å². The Morgan fingerprint density at radius 3 is 2.32 bits per heavy atom. The molecule has 0 saturated heterocycles. The first kappa shape index (κ1) is 14.2. The lowest BCUT2D eigenvalue weighted by molar-refractivity contribution is -0.117. The quantitative estimate of drug-likeness (QED) is 0.813. The fourth-order valence-corrected chi connectivity index (χ4v) is 2.54. The van der Waals surface area contributed by atoms with Crippen molar-refractivity contribution in [1.82, 2.24) is 0 Å². The zero-order valence-electron chi connectivity index (χ0n) is 12.1. The van der Waals surface area contributed by atoms with Crippen molar-refractivity contribution in [1.29, 1.82) is 0 Å². The third kappa shape index (κ3) is 2.34. The number of anilines is 1. The first-order valence-electron chi connectivity index (χ1n) is 6.99. The van der Waals surface area contributed by atoms with Gasteiger partial charge >= 0.3 is 0 Å². The minimum absolute atomic E-state index is 0.337. The predicted octanol–water partition coefficient (Wildman–Crippen LogP) is 2.92. The lowest BCUT2D eigenvalue weighted by atomic mass is 10.0. The average Bonchev–Trinajstić information content (AvgIpc) is 2.94. The summed E-state index contributed by atoms with van der Waals surface area (Å²) in [5.41, 5.74) is 3.58. The molecule has 0 aromatic heterocycles. The van der Waals surface area contributed by atoms with E-state index in [0.717, 1.165) is 16.8 Å². The van der Waals surface area contributed by atoms with Gasteiger partial charge in [0.2, 0.25) is 0 Å². The number of aldehydes is 2. The molecule has 22 heavy (non-hydrogen) atoms. The normalized spacial score (nSPS) is 17.7. The second-order valence-electron chi connectivity index (χ2n) is 5.03. The average molecular weight is 293 g/mol. The third-order valence-electron chi connectivity index (χ3n) is 3.63. The molecule has 0 spiro atoms. The predicted molar refractivity (Wildman–Crippen MR) is 84.0 cm³/mol. The molecular weight excluding hydrogens is 278 g/mol. The Morgan fingerprint density at radius 2 is 1.68 bits per heavy atom. The van der Waals surface area contributed by atoms with Crippen molar-refractivity contribution in [3.8, 4) is 0 Å². The molecule has 0 fully saturated rings. The highest BCUT2D eigenvalue weighted by atomic mass is 16.7. The molecule has 0 aliphatic carbocycles. The number of para-hydroxylation sites is 1. The van der Waals surface area contributed by atoms with Crippen LogP contribution in [0.3, 0.4) is 0 Å². The lowest BCUT2D eigenvalue weighted by Crippen LogP contribution is -2.22. The first-order valence-corrected chi connectivity index (χ1v) is 6.99. The SMILES string of the molecule is Cc1ccccc1N1OC(C=O)C(C=O)=C1c1ccccc1. The van der Waals surface area contributed by atoms with Crippen LogP contribution in [0.4, 0.5) is 5.69 Å². The molecule has 3 rings (SSSR count).